The monoisotopic (exact) mass is 276 g/mol. The maximum absolute atomic E-state index is 13.5. The molecule has 82 valence electrons. The lowest BCUT2D eigenvalue weighted by Gasteiger charge is -2.05. The smallest absolute Gasteiger partial charge is 0.223 e. The predicted molar refractivity (Wildman–Crippen MR) is 62.5 cm³/mol. The maximum Gasteiger partial charge on any atom is 0.223 e. The van der Waals surface area contributed by atoms with Gasteiger partial charge in [-0.15, -0.1) is 0 Å². The molecule has 0 aliphatic rings. The van der Waals surface area contributed by atoms with Crippen LogP contribution in [-0.2, 0) is 0 Å². The van der Waals surface area contributed by atoms with Crippen molar-refractivity contribution in [2.45, 2.75) is 0 Å². The van der Waals surface area contributed by atoms with Gasteiger partial charge in [0.15, 0.2) is 5.82 Å². The lowest BCUT2D eigenvalue weighted by molar-refractivity contribution is 0.618. The molecule has 1 aromatic carbocycles. The van der Waals surface area contributed by atoms with E-state index in [2.05, 4.69) is 9.97 Å². The van der Waals surface area contributed by atoms with Gasteiger partial charge in [-0.05, 0) is 29.8 Å². The summed E-state index contributed by atoms with van der Waals surface area (Å²) in [5.74, 6) is -0.589. The van der Waals surface area contributed by atoms with Crippen LogP contribution in [0.2, 0.25) is 15.3 Å². The molecule has 0 spiro atoms. The summed E-state index contributed by atoms with van der Waals surface area (Å²) in [7, 11) is 0. The zero-order valence-electron chi connectivity index (χ0n) is 7.72. The molecule has 0 saturated carbocycles. The summed E-state index contributed by atoms with van der Waals surface area (Å²) in [6.07, 6.45) is 0.996. The third-order valence-corrected chi connectivity index (χ3v) is 2.63. The zero-order chi connectivity index (χ0) is 11.7. The Labute approximate surface area is 106 Å². The molecule has 1 heterocycles. The number of benzene rings is 1. The molecule has 6 heteroatoms. The second-order valence-electron chi connectivity index (χ2n) is 2.96. The van der Waals surface area contributed by atoms with Crippen LogP contribution in [0.15, 0.2) is 24.4 Å². The lowest BCUT2D eigenvalue weighted by Crippen LogP contribution is -1.93. The van der Waals surface area contributed by atoms with Gasteiger partial charge in [0.25, 0.3) is 0 Å². The second kappa shape index (κ2) is 4.53. The Bertz CT molecular complexity index is 546. The molecular weight excluding hydrogens is 273 g/mol. The number of nitrogens with zero attached hydrogens (tertiary/aromatic N) is 2. The van der Waals surface area contributed by atoms with E-state index in [1.165, 1.54) is 6.07 Å². The Kier molecular flexibility index (Phi) is 3.28. The third-order valence-electron chi connectivity index (χ3n) is 1.90. The van der Waals surface area contributed by atoms with Crippen LogP contribution in [0, 0.1) is 5.82 Å². The molecule has 2 aromatic rings. The lowest BCUT2D eigenvalue weighted by atomic mass is 10.1. The quantitative estimate of drug-likeness (QED) is 0.729. The van der Waals surface area contributed by atoms with Gasteiger partial charge in [-0.25, -0.2) is 14.4 Å². The molecule has 0 amide bonds. The van der Waals surface area contributed by atoms with Gasteiger partial charge in [0, 0.05) is 10.6 Å². The topological polar surface area (TPSA) is 25.8 Å². The predicted octanol–water partition coefficient (Wildman–Crippen LogP) is 4.24. The normalized spacial score (nSPS) is 10.5. The Morgan fingerprint density at radius 2 is 1.88 bits per heavy atom. The highest BCUT2D eigenvalue weighted by atomic mass is 35.5. The molecule has 0 unspecified atom stereocenters. The highest BCUT2D eigenvalue weighted by molar-refractivity contribution is 6.36. The summed E-state index contributed by atoms with van der Waals surface area (Å²) in [5, 5.41) is 0.734. The van der Waals surface area contributed by atoms with Crippen molar-refractivity contribution >= 4 is 34.8 Å². The first kappa shape index (κ1) is 11.6. The molecular formula is C10H4Cl3FN2. The summed E-state index contributed by atoms with van der Waals surface area (Å²) in [4.78, 5) is 7.31. The molecule has 2 rings (SSSR count). The maximum atomic E-state index is 13.5. The molecule has 0 fully saturated rings. The minimum absolute atomic E-state index is 0.0394. The standard InChI is InChI=1S/C10H4Cl3FN2/c11-5-1-2-6(7(12)3-5)9-8(14)4-15-10(13)16-9/h1-4H. The Balaban J connectivity index is 2.62. The van der Waals surface area contributed by atoms with Gasteiger partial charge >= 0.3 is 0 Å². The van der Waals surface area contributed by atoms with E-state index in [1.54, 1.807) is 12.1 Å². The second-order valence-corrected chi connectivity index (χ2v) is 4.14. The molecule has 0 N–H and O–H groups in total. The zero-order valence-corrected chi connectivity index (χ0v) is 9.98. The Hall–Kier alpha value is -0.900. The van der Waals surface area contributed by atoms with Crippen molar-refractivity contribution in [1.29, 1.82) is 0 Å². The van der Waals surface area contributed by atoms with Crippen LogP contribution in [0.4, 0.5) is 4.39 Å². The van der Waals surface area contributed by atoms with E-state index in [-0.39, 0.29) is 11.0 Å². The molecule has 0 aliphatic carbocycles. The van der Waals surface area contributed by atoms with Gasteiger partial charge in [0.2, 0.25) is 5.28 Å². The van der Waals surface area contributed by atoms with E-state index in [0.717, 1.165) is 6.20 Å². The summed E-state index contributed by atoms with van der Waals surface area (Å²) >= 11 is 17.3. The van der Waals surface area contributed by atoms with Gasteiger partial charge in [0.05, 0.1) is 11.2 Å². The highest BCUT2D eigenvalue weighted by Gasteiger charge is 2.12. The van der Waals surface area contributed by atoms with Crippen molar-refractivity contribution < 1.29 is 4.39 Å². The first-order valence-electron chi connectivity index (χ1n) is 4.21. The van der Waals surface area contributed by atoms with Crippen molar-refractivity contribution in [3.05, 3.63) is 45.5 Å². The minimum atomic E-state index is -0.589. The molecule has 1 aromatic heterocycles. The van der Waals surface area contributed by atoms with Gasteiger partial charge in [-0.1, -0.05) is 23.2 Å². The summed E-state index contributed by atoms with van der Waals surface area (Å²) in [6, 6.07) is 4.68. The molecule has 0 radical (unpaired) electrons. The Morgan fingerprint density at radius 3 is 2.56 bits per heavy atom. The summed E-state index contributed by atoms with van der Waals surface area (Å²) in [6.45, 7) is 0. The molecule has 16 heavy (non-hydrogen) atoms. The Morgan fingerprint density at radius 1 is 1.12 bits per heavy atom. The molecule has 0 saturated heterocycles. The first-order valence-corrected chi connectivity index (χ1v) is 5.35. The number of halogens is 4. The van der Waals surface area contributed by atoms with Crippen LogP contribution in [-0.4, -0.2) is 9.97 Å². The van der Waals surface area contributed by atoms with E-state index >= 15 is 0 Å². The van der Waals surface area contributed by atoms with E-state index in [0.29, 0.717) is 15.6 Å². The fourth-order valence-corrected chi connectivity index (χ4v) is 1.85. The summed E-state index contributed by atoms with van der Waals surface area (Å²) < 4.78 is 13.5. The van der Waals surface area contributed by atoms with Gasteiger partial charge in [-0.2, -0.15) is 0 Å². The van der Waals surface area contributed by atoms with Crippen molar-refractivity contribution in [3.8, 4) is 11.3 Å². The number of rotatable bonds is 1. The van der Waals surface area contributed by atoms with E-state index < -0.39 is 5.82 Å². The SMILES string of the molecule is Fc1cnc(Cl)nc1-c1ccc(Cl)cc1Cl. The van der Waals surface area contributed by atoms with Crippen LogP contribution < -0.4 is 0 Å². The van der Waals surface area contributed by atoms with Crippen LogP contribution in [0.25, 0.3) is 11.3 Å². The van der Waals surface area contributed by atoms with E-state index in [9.17, 15) is 4.39 Å². The highest BCUT2D eigenvalue weighted by Crippen LogP contribution is 2.30. The number of aromatic nitrogens is 2. The van der Waals surface area contributed by atoms with Crippen molar-refractivity contribution in [2.24, 2.45) is 0 Å². The van der Waals surface area contributed by atoms with Gasteiger partial charge < -0.3 is 0 Å². The average molecular weight is 278 g/mol. The van der Waals surface area contributed by atoms with Gasteiger partial charge in [0.1, 0.15) is 5.69 Å². The van der Waals surface area contributed by atoms with Crippen LogP contribution in [0.5, 0.6) is 0 Å². The van der Waals surface area contributed by atoms with E-state index in [4.69, 9.17) is 34.8 Å². The fourth-order valence-electron chi connectivity index (χ4n) is 1.22. The third kappa shape index (κ3) is 2.26. The van der Waals surface area contributed by atoms with Crippen LogP contribution in [0.3, 0.4) is 0 Å². The van der Waals surface area contributed by atoms with Crippen molar-refractivity contribution in [3.63, 3.8) is 0 Å². The largest absolute Gasteiger partial charge is 0.223 e. The number of hydrogen-bond donors (Lipinski definition) is 0. The number of hydrogen-bond acceptors (Lipinski definition) is 2. The molecule has 0 atom stereocenters. The minimum Gasteiger partial charge on any atom is -0.223 e. The summed E-state index contributed by atoms with van der Waals surface area (Å²) in [5.41, 5.74) is 0.481. The van der Waals surface area contributed by atoms with Gasteiger partial charge in [-0.3, -0.25) is 0 Å². The van der Waals surface area contributed by atoms with Crippen LogP contribution in [0.1, 0.15) is 0 Å². The average Bonchev–Trinajstić information content (AvgIpc) is 2.22. The van der Waals surface area contributed by atoms with Crippen LogP contribution >= 0.6 is 34.8 Å². The molecule has 2 nitrogen and oxygen atoms in total. The first-order chi connectivity index (χ1) is 7.58. The van der Waals surface area contributed by atoms with Crippen molar-refractivity contribution in [2.75, 3.05) is 0 Å². The fraction of sp³-hybridized carbons (Fsp3) is 0. The van der Waals surface area contributed by atoms with Crippen molar-refractivity contribution in [1.82, 2.24) is 9.97 Å². The molecule has 0 aliphatic heterocycles. The molecule has 0 bridgehead atoms. The van der Waals surface area contributed by atoms with E-state index in [1.807, 2.05) is 0 Å².